The molecule has 3 N–H and O–H groups in total. The molecule has 0 aliphatic carbocycles. The average Bonchev–Trinajstić information content (AvgIpc) is 2.42. The Kier molecular flexibility index (Phi) is 5.65. The second-order valence-corrected chi connectivity index (χ2v) is 4.14. The van der Waals surface area contributed by atoms with Gasteiger partial charge in [0.2, 0.25) is 0 Å². The molecule has 0 heterocycles. The Morgan fingerprint density at radius 2 is 2.05 bits per heavy atom. The maximum absolute atomic E-state index is 12.8. The van der Waals surface area contributed by atoms with Crippen LogP contribution in [0, 0.1) is 5.82 Å². The van der Waals surface area contributed by atoms with E-state index in [0.717, 1.165) is 25.3 Å². The molecule has 21 heavy (non-hydrogen) atoms. The number of amides is 1. The number of halogens is 1. The van der Waals surface area contributed by atoms with Crippen molar-refractivity contribution in [3.8, 4) is 5.75 Å². The van der Waals surface area contributed by atoms with Gasteiger partial charge in [-0.2, -0.15) is 0 Å². The highest BCUT2D eigenvalue weighted by atomic mass is 19.1. The van der Waals surface area contributed by atoms with Crippen molar-refractivity contribution in [3.63, 3.8) is 0 Å². The van der Waals surface area contributed by atoms with Crippen molar-refractivity contribution >= 4 is 17.8 Å². The topological polar surface area (TPSA) is 113 Å². The first-order valence-corrected chi connectivity index (χ1v) is 5.94. The maximum Gasteiger partial charge on any atom is 0.326 e. The third kappa shape index (κ3) is 4.75. The number of carbonyl (C=O) groups is 3. The quantitative estimate of drug-likeness (QED) is 0.665. The molecule has 8 heteroatoms. The van der Waals surface area contributed by atoms with Crippen molar-refractivity contribution in [3.05, 3.63) is 29.6 Å². The van der Waals surface area contributed by atoms with Gasteiger partial charge in [0.25, 0.3) is 5.91 Å². The third-order valence-corrected chi connectivity index (χ3v) is 2.67. The Morgan fingerprint density at radius 1 is 1.38 bits per heavy atom. The second-order valence-electron chi connectivity index (χ2n) is 4.14. The number of hydrogen-bond donors (Lipinski definition) is 3. The highest BCUT2D eigenvalue weighted by Crippen LogP contribution is 2.18. The van der Waals surface area contributed by atoms with Gasteiger partial charge in [0.15, 0.2) is 0 Å². The molecule has 0 radical (unpaired) electrons. The van der Waals surface area contributed by atoms with Gasteiger partial charge in [-0.05, 0) is 18.6 Å². The number of carboxylic acid groups (broad SMARTS) is 1. The Balaban J connectivity index is 2.76. The number of benzene rings is 1. The van der Waals surface area contributed by atoms with Crippen LogP contribution in [0.25, 0.3) is 0 Å². The van der Waals surface area contributed by atoms with Gasteiger partial charge in [0.05, 0.1) is 12.7 Å². The number of aromatic hydroxyl groups is 1. The van der Waals surface area contributed by atoms with E-state index in [1.807, 2.05) is 0 Å². The number of phenolic OH excluding ortho intramolecular Hbond substituents is 1. The van der Waals surface area contributed by atoms with Crippen LogP contribution in [0.3, 0.4) is 0 Å². The Hall–Kier alpha value is -2.64. The van der Waals surface area contributed by atoms with Crippen molar-refractivity contribution < 1.29 is 33.7 Å². The first-order chi connectivity index (χ1) is 9.85. The molecule has 1 amide bonds. The lowest BCUT2D eigenvalue weighted by molar-refractivity contribution is -0.142. The summed E-state index contributed by atoms with van der Waals surface area (Å²) in [6, 6.07) is 1.39. The molecular formula is C13H14FNO6. The van der Waals surface area contributed by atoms with Crippen LogP contribution in [0.2, 0.25) is 0 Å². The highest BCUT2D eigenvalue weighted by Gasteiger charge is 2.23. The number of aliphatic carboxylic acids is 1. The first kappa shape index (κ1) is 16.4. The Bertz CT molecular complexity index is 560. The number of esters is 1. The van der Waals surface area contributed by atoms with Gasteiger partial charge in [-0.1, -0.05) is 0 Å². The van der Waals surface area contributed by atoms with E-state index in [4.69, 9.17) is 5.11 Å². The third-order valence-electron chi connectivity index (χ3n) is 2.67. The van der Waals surface area contributed by atoms with Gasteiger partial charge >= 0.3 is 11.9 Å². The average molecular weight is 299 g/mol. The molecule has 0 fully saturated rings. The van der Waals surface area contributed by atoms with Crippen LogP contribution >= 0.6 is 0 Å². The van der Waals surface area contributed by atoms with Gasteiger partial charge in [-0.3, -0.25) is 9.59 Å². The molecule has 0 aromatic heterocycles. The number of rotatable bonds is 6. The van der Waals surface area contributed by atoms with Crippen LogP contribution in [0.4, 0.5) is 4.39 Å². The normalized spacial score (nSPS) is 11.5. The van der Waals surface area contributed by atoms with E-state index in [2.05, 4.69) is 10.1 Å². The van der Waals surface area contributed by atoms with Crippen molar-refractivity contribution in [1.29, 1.82) is 0 Å². The van der Waals surface area contributed by atoms with Crippen molar-refractivity contribution in [2.45, 2.75) is 18.9 Å². The molecule has 0 saturated heterocycles. The lowest BCUT2D eigenvalue weighted by Gasteiger charge is -2.14. The summed E-state index contributed by atoms with van der Waals surface area (Å²) in [6.07, 6.45) is -0.362. The minimum Gasteiger partial charge on any atom is -0.507 e. The van der Waals surface area contributed by atoms with E-state index in [1.54, 1.807) is 0 Å². The molecule has 7 nitrogen and oxygen atoms in total. The zero-order valence-corrected chi connectivity index (χ0v) is 11.1. The number of methoxy groups -OCH3 is 1. The number of ether oxygens (including phenoxy) is 1. The fourth-order valence-electron chi connectivity index (χ4n) is 1.55. The predicted molar refractivity (Wildman–Crippen MR) is 68.2 cm³/mol. The van der Waals surface area contributed by atoms with E-state index in [9.17, 15) is 23.9 Å². The van der Waals surface area contributed by atoms with Crippen LogP contribution in [-0.4, -0.2) is 41.2 Å². The minimum absolute atomic E-state index is 0.171. The Labute approximate surface area is 119 Å². The SMILES string of the molecule is COC(=O)CC[C@@H](NC(=O)c1ccc(F)cc1O)C(=O)O. The van der Waals surface area contributed by atoms with Crippen molar-refractivity contribution in [2.24, 2.45) is 0 Å². The molecule has 0 aliphatic heterocycles. The van der Waals surface area contributed by atoms with Gasteiger partial charge in [0, 0.05) is 12.5 Å². The molecule has 1 rings (SSSR count). The lowest BCUT2D eigenvalue weighted by Crippen LogP contribution is -2.41. The molecule has 1 atom stereocenters. The minimum atomic E-state index is -1.34. The molecule has 1 aromatic rings. The van der Waals surface area contributed by atoms with E-state index < -0.39 is 35.5 Å². The number of nitrogens with one attached hydrogen (secondary N) is 1. The fraction of sp³-hybridized carbons (Fsp3) is 0.308. The van der Waals surface area contributed by atoms with Crippen LogP contribution < -0.4 is 5.32 Å². The molecule has 0 bridgehead atoms. The van der Waals surface area contributed by atoms with Gasteiger partial charge in [-0.15, -0.1) is 0 Å². The summed E-state index contributed by atoms with van der Waals surface area (Å²) in [6.45, 7) is 0. The van der Waals surface area contributed by atoms with Gasteiger partial charge < -0.3 is 20.3 Å². The van der Waals surface area contributed by atoms with E-state index in [0.29, 0.717) is 0 Å². The van der Waals surface area contributed by atoms with Crippen molar-refractivity contribution in [1.82, 2.24) is 5.32 Å². The number of phenols is 1. The molecule has 114 valence electrons. The summed E-state index contributed by atoms with van der Waals surface area (Å²) >= 11 is 0. The van der Waals surface area contributed by atoms with Crippen LogP contribution in [-0.2, 0) is 14.3 Å². The largest absolute Gasteiger partial charge is 0.507 e. The number of carbonyl (C=O) groups excluding carboxylic acids is 2. The van der Waals surface area contributed by atoms with Gasteiger partial charge in [-0.25, -0.2) is 9.18 Å². The maximum atomic E-state index is 12.8. The smallest absolute Gasteiger partial charge is 0.326 e. The molecule has 0 saturated carbocycles. The summed E-state index contributed by atoms with van der Waals surface area (Å²) in [7, 11) is 1.16. The summed E-state index contributed by atoms with van der Waals surface area (Å²) in [4.78, 5) is 33.8. The van der Waals surface area contributed by atoms with Crippen LogP contribution in [0.1, 0.15) is 23.2 Å². The zero-order chi connectivity index (χ0) is 16.0. The number of carboxylic acids is 1. The summed E-state index contributed by atoms with van der Waals surface area (Å²) in [5, 5.41) is 20.6. The van der Waals surface area contributed by atoms with Crippen LogP contribution in [0.5, 0.6) is 5.75 Å². The monoisotopic (exact) mass is 299 g/mol. The molecule has 1 aromatic carbocycles. The lowest BCUT2D eigenvalue weighted by atomic mass is 10.1. The standard InChI is InChI=1S/C13H14FNO6/c1-21-11(17)5-4-9(13(19)20)15-12(18)8-3-2-7(14)6-10(8)16/h2-3,6,9,16H,4-5H2,1H3,(H,15,18)(H,19,20)/t9-/m1/s1. The zero-order valence-electron chi connectivity index (χ0n) is 11.1. The van der Waals surface area contributed by atoms with Crippen LogP contribution in [0.15, 0.2) is 18.2 Å². The van der Waals surface area contributed by atoms with E-state index in [1.165, 1.54) is 0 Å². The second kappa shape index (κ2) is 7.22. The van der Waals surface area contributed by atoms with Crippen molar-refractivity contribution in [2.75, 3.05) is 7.11 Å². The molecule has 0 spiro atoms. The predicted octanol–water partition coefficient (Wildman–Crippen LogP) is 0.667. The Morgan fingerprint density at radius 3 is 2.57 bits per heavy atom. The molecule has 0 unspecified atom stereocenters. The summed E-state index contributed by atoms with van der Waals surface area (Å²) < 4.78 is 17.2. The summed E-state index contributed by atoms with van der Waals surface area (Å²) in [5.74, 6) is -4.17. The van der Waals surface area contributed by atoms with Gasteiger partial charge in [0.1, 0.15) is 17.6 Å². The molecular weight excluding hydrogens is 285 g/mol. The van der Waals surface area contributed by atoms with E-state index >= 15 is 0 Å². The first-order valence-electron chi connectivity index (χ1n) is 5.94. The van der Waals surface area contributed by atoms with E-state index in [-0.39, 0.29) is 18.4 Å². The number of hydrogen-bond acceptors (Lipinski definition) is 5. The molecule has 0 aliphatic rings. The highest BCUT2D eigenvalue weighted by molar-refractivity contribution is 5.98. The fourth-order valence-corrected chi connectivity index (χ4v) is 1.55. The summed E-state index contributed by atoms with van der Waals surface area (Å²) in [5.41, 5.74) is -0.263.